The molecule has 1 saturated carbocycles. The smallest absolute Gasteiger partial charge is 0.115 e. The van der Waals surface area contributed by atoms with Gasteiger partial charge >= 0.3 is 0 Å². The maximum atomic E-state index is 13.5. The van der Waals surface area contributed by atoms with Crippen LogP contribution in [0.2, 0.25) is 0 Å². The first kappa shape index (κ1) is 14.2. The summed E-state index contributed by atoms with van der Waals surface area (Å²) in [5.41, 5.74) is 0.454. The second-order valence-electron chi connectivity index (χ2n) is 5.08. The minimum Gasteiger partial charge on any atom is -0.317 e. The molecular weight excluding hydrogens is 201 g/mol. The third-order valence-electron chi connectivity index (χ3n) is 3.29. The lowest BCUT2D eigenvalue weighted by molar-refractivity contribution is 0.120. The predicted molar refractivity (Wildman–Crippen MR) is 61.8 cm³/mol. The van der Waals surface area contributed by atoms with Crippen molar-refractivity contribution in [2.24, 2.45) is 11.3 Å². The van der Waals surface area contributed by atoms with Crippen molar-refractivity contribution >= 4 is 12.4 Å². The molecule has 1 rings (SSSR count). The number of hydrogen-bond donors (Lipinski definition) is 1. The Morgan fingerprint density at radius 1 is 1.36 bits per heavy atom. The molecule has 1 atom stereocenters. The zero-order valence-electron chi connectivity index (χ0n) is 9.48. The number of rotatable bonds is 3. The molecule has 0 aliphatic heterocycles. The van der Waals surface area contributed by atoms with Crippen LogP contribution in [-0.2, 0) is 0 Å². The third-order valence-corrected chi connectivity index (χ3v) is 3.29. The van der Waals surface area contributed by atoms with Crippen molar-refractivity contribution in [1.29, 1.82) is 0 Å². The van der Waals surface area contributed by atoms with E-state index in [1.807, 2.05) is 7.05 Å². The molecule has 1 fully saturated rings. The Balaban J connectivity index is 0.00000169. The largest absolute Gasteiger partial charge is 0.317 e. The van der Waals surface area contributed by atoms with Gasteiger partial charge in [0.1, 0.15) is 6.17 Å². The lowest BCUT2D eigenvalue weighted by Crippen LogP contribution is -2.32. The summed E-state index contributed by atoms with van der Waals surface area (Å²) in [6.45, 7) is 5.09. The van der Waals surface area contributed by atoms with Crippen molar-refractivity contribution in [3.63, 3.8) is 0 Å². The second kappa shape index (κ2) is 5.92. The number of nitrogens with one attached hydrogen (secondary N) is 1. The van der Waals surface area contributed by atoms with E-state index >= 15 is 0 Å². The first-order valence-electron chi connectivity index (χ1n) is 5.34. The van der Waals surface area contributed by atoms with Crippen LogP contribution in [0.25, 0.3) is 0 Å². The van der Waals surface area contributed by atoms with Gasteiger partial charge in [0.2, 0.25) is 0 Å². The maximum absolute atomic E-state index is 13.5. The van der Waals surface area contributed by atoms with Crippen LogP contribution in [0.1, 0.15) is 39.5 Å². The average molecular weight is 224 g/mol. The van der Waals surface area contributed by atoms with Crippen LogP contribution in [0.5, 0.6) is 0 Å². The van der Waals surface area contributed by atoms with Crippen LogP contribution in [0.4, 0.5) is 4.39 Å². The highest BCUT2D eigenvalue weighted by atomic mass is 35.5. The SMILES string of the molecule is CNCC(F)C1CCC(C)(C)CC1.Cl. The van der Waals surface area contributed by atoms with Crippen molar-refractivity contribution < 1.29 is 4.39 Å². The molecule has 0 bridgehead atoms. The normalized spacial score (nSPS) is 24.0. The Morgan fingerprint density at radius 3 is 2.29 bits per heavy atom. The molecule has 0 saturated heterocycles. The molecule has 86 valence electrons. The van der Waals surface area contributed by atoms with Gasteiger partial charge in [0.15, 0.2) is 0 Å². The van der Waals surface area contributed by atoms with Crippen molar-refractivity contribution in [3.8, 4) is 0 Å². The standard InChI is InChI=1S/C11H22FN.ClH/c1-11(2)6-4-9(5-7-11)10(12)8-13-3;/h9-10,13H,4-8H2,1-3H3;1H. The fraction of sp³-hybridized carbons (Fsp3) is 1.00. The zero-order chi connectivity index (χ0) is 9.90. The molecule has 3 heteroatoms. The fourth-order valence-electron chi connectivity index (χ4n) is 2.14. The van der Waals surface area contributed by atoms with Crippen LogP contribution >= 0.6 is 12.4 Å². The minimum absolute atomic E-state index is 0. The van der Waals surface area contributed by atoms with Crippen LogP contribution in [0, 0.1) is 11.3 Å². The lowest BCUT2D eigenvalue weighted by Gasteiger charge is -2.35. The topological polar surface area (TPSA) is 12.0 Å². The van der Waals surface area contributed by atoms with E-state index in [0.717, 1.165) is 12.8 Å². The van der Waals surface area contributed by atoms with Gasteiger partial charge in [0.25, 0.3) is 0 Å². The Kier molecular flexibility index (Phi) is 5.99. The molecule has 0 spiro atoms. The molecule has 14 heavy (non-hydrogen) atoms. The van der Waals surface area contributed by atoms with E-state index in [1.54, 1.807) is 0 Å². The molecule has 0 aromatic heterocycles. The van der Waals surface area contributed by atoms with Crippen LogP contribution in [-0.4, -0.2) is 19.8 Å². The Hall–Kier alpha value is 0.180. The van der Waals surface area contributed by atoms with Gasteiger partial charge < -0.3 is 5.32 Å². The number of hydrogen-bond acceptors (Lipinski definition) is 1. The van der Waals surface area contributed by atoms with Gasteiger partial charge in [0, 0.05) is 6.54 Å². The van der Waals surface area contributed by atoms with E-state index in [0.29, 0.717) is 17.9 Å². The van der Waals surface area contributed by atoms with Gasteiger partial charge in [-0.1, -0.05) is 13.8 Å². The Morgan fingerprint density at radius 2 is 1.86 bits per heavy atom. The quantitative estimate of drug-likeness (QED) is 0.775. The number of alkyl halides is 1. The highest BCUT2D eigenvalue weighted by Gasteiger charge is 2.30. The second-order valence-corrected chi connectivity index (χ2v) is 5.08. The van der Waals surface area contributed by atoms with Gasteiger partial charge in [-0.3, -0.25) is 0 Å². The van der Waals surface area contributed by atoms with Crippen molar-refractivity contribution in [1.82, 2.24) is 5.32 Å². The van der Waals surface area contributed by atoms with Crippen molar-refractivity contribution in [2.45, 2.75) is 45.7 Å². The summed E-state index contributed by atoms with van der Waals surface area (Å²) in [5, 5.41) is 2.91. The van der Waals surface area contributed by atoms with E-state index in [-0.39, 0.29) is 12.4 Å². The van der Waals surface area contributed by atoms with E-state index in [9.17, 15) is 4.39 Å². The van der Waals surface area contributed by atoms with Crippen LogP contribution in [0.15, 0.2) is 0 Å². The van der Waals surface area contributed by atoms with Gasteiger partial charge in [-0.15, -0.1) is 12.4 Å². The van der Waals surface area contributed by atoms with E-state index in [4.69, 9.17) is 0 Å². The molecule has 1 unspecified atom stereocenters. The Bertz CT molecular complexity index is 151. The van der Waals surface area contributed by atoms with Crippen LogP contribution < -0.4 is 5.32 Å². The Labute approximate surface area is 93.3 Å². The summed E-state index contributed by atoms with van der Waals surface area (Å²) in [6, 6.07) is 0. The monoisotopic (exact) mass is 223 g/mol. The first-order chi connectivity index (χ1) is 6.05. The lowest BCUT2D eigenvalue weighted by atomic mass is 9.72. The molecule has 0 radical (unpaired) electrons. The molecule has 1 aliphatic rings. The molecule has 1 aliphatic carbocycles. The highest BCUT2D eigenvalue weighted by molar-refractivity contribution is 5.85. The van der Waals surface area contributed by atoms with Crippen LogP contribution in [0.3, 0.4) is 0 Å². The molecule has 0 heterocycles. The number of halogens is 2. The third kappa shape index (κ3) is 4.14. The molecule has 0 amide bonds. The van der Waals surface area contributed by atoms with Crippen molar-refractivity contribution in [2.75, 3.05) is 13.6 Å². The summed E-state index contributed by atoms with van der Waals surface area (Å²) in [4.78, 5) is 0. The summed E-state index contributed by atoms with van der Waals surface area (Å²) in [7, 11) is 1.82. The van der Waals surface area contributed by atoms with Gasteiger partial charge in [-0.25, -0.2) is 4.39 Å². The summed E-state index contributed by atoms with van der Waals surface area (Å²) < 4.78 is 13.5. The van der Waals surface area contributed by atoms with Gasteiger partial charge in [-0.05, 0) is 44.1 Å². The van der Waals surface area contributed by atoms with E-state index in [2.05, 4.69) is 19.2 Å². The van der Waals surface area contributed by atoms with Gasteiger partial charge in [0.05, 0.1) is 0 Å². The molecule has 1 N–H and O–H groups in total. The van der Waals surface area contributed by atoms with Crippen molar-refractivity contribution in [3.05, 3.63) is 0 Å². The highest BCUT2D eigenvalue weighted by Crippen LogP contribution is 2.39. The summed E-state index contributed by atoms with van der Waals surface area (Å²) >= 11 is 0. The fourth-order valence-corrected chi connectivity index (χ4v) is 2.14. The summed E-state index contributed by atoms with van der Waals surface area (Å²) in [6.07, 6.45) is 3.86. The zero-order valence-corrected chi connectivity index (χ0v) is 10.3. The molecule has 0 aromatic rings. The van der Waals surface area contributed by atoms with E-state index < -0.39 is 6.17 Å². The predicted octanol–water partition coefficient (Wildman–Crippen LogP) is 3.18. The summed E-state index contributed by atoms with van der Waals surface area (Å²) in [5.74, 6) is 0.306. The minimum atomic E-state index is -0.638. The average Bonchev–Trinajstić information content (AvgIpc) is 2.04. The van der Waals surface area contributed by atoms with Gasteiger partial charge in [-0.2, -0.15) is 0 Å². The molecule has 1 nitrogen and oxygen atoms in total. The molecular formula is C11H23ClFN. The molecule has 0 aromatic carbocycles. The maximum Gasteiger partial charge on any atom is 0.115 e. The van der Waals surface area contributed by atoms with E-state index in [1.165, 1.54) is 12.8 Å². The first-order valence-corrected chi connectivity index (χ1v) is 5.34.